The molecule has 0 spiro atoms. The van der Waals surface area contributed by atoms with E-state index in [1.807, 2.05) is 0 Å². The molecule has 0 fully saturated rings. The average molecular weight is 436 g/mol. The first kappa shape index (κ1) is 20.8. The van der Waals surface area contributed by atoms with Crippen LogP contribution in [0.3, 0.4) is 0 Å². The molecule has 11 heteroatoms. The van der Waals surface area contributed by atoms with Gasteiger partial charge in [0, 0.05) is 35.0 Å². The number of amides is 1. The predicted octanol–water partition coefficient (Wildman–Crippen LogP) is 2.64. The van der Waals surface area contributed by atoms with Crippen molar-refractivity contribution in [1.29, 1.82) is 0 Å². The Labute approximate surface area is 182 Å². The van der Waals surface area contributed by atoms with Crippen LogP contribution >= 0.6 is 0 Å². The molecule has 0 saturated heterocycles. The number of nitrogens with two attached hydrogens (primary N) is 1. The lowest BCUT2D eigenvalue weighted by Gasteiger charge is -2.28. The Kier molecular flexibility index (Phi) is 5.23. The first-order valence-corrected chi connectivity index (χ1v) is 9.55. The van der Waals surface area contributed by atoms with Crippen LogP contribution in [0.4, 0.5) is 11.6 Å². The standard InChI is InChI=1S/C21H20N6O5/c1-11-17(19(22)28)18(15-8-7-14(31-2)10-16(15)32-3)26-21(23-11)24-20(25-26)12-5-4-6-13(9-12)27(29)30/h4-10,18H,1-3H3,(H2,22,28)(H,23,24,25). The van der Waals surface area contributed by atoms with Crippen molar-refractivity contribution in [3.8, 4) is 22.9 Å². The van der Waals surface area contributed by atoms with Gasteiger partial charge >= 0.3 is 0 Å². The maximum absolute atomic E-state index is 12.4. The SMILES string of the molecule is COc1ccc(C2C(C(N)=O)=C(C)Nc3nc(-c4cccc([N+](=O)[O-])c4)nn32)c(OC)c1. The number of nitrogens with zero attached hydrogens (tertiary/aromatic N) is 4. The van der Waals surface area contributed by atoms with Gasteiger partial charge in [-0.1, -0.05) is 12.1 Å². The molecule has 4 rings (SSSR count). The number of carbonyl (C=O) groups excluding carboxylic acids is 1. The van der Waals surface area contributed by atoms with Gasteiger partial charge < -0.3 is 20.5 Å². The Hall–Kier alpha value is -4.41. The minimum atomic E-state index is -0.732. The predicted molar refractivity (Wildman–Crippen MR) is 115 cm³/mol. The monoisotopic (exact) mass is 436 g/mol. The first-order valence-electron chi connectivity index (χ1n) is 9.55. The summed E-state index contributed by atoms with van der Waals surface area (Å²) in [6.45, 7) is 1.72. The summed E-state index contributed by atoms with van der Waals surface area (Å²) in [6.07, 6.45) is 0. The second-order valence-electron chi connectivity index (χ2n) is 7.05. The lowest BCUT2D eigenvalue weighted by Crippen LogP contribution is -2.32. The fraction of sp³-hybridized carbons (Fsp3) is 0.190. The Morgan fingerprint density at radius 3 is 2.66 bits per heavy atom. The number of nitro groups is 1. The molecule has 11 nitrogen and oxygen atoms in total. The van der Waals surface area contributed by atoms with E-state index in [0.29, 0.717) is 34.3 Å². The Morgan fingerprint density at radius 2 is 2.00 bits per heavy atom. The van der Waals surface area contributed by atoms with E-state index in [2.05, 4.69) is 15.4 Å². The third kappa shape index (κ3) is 3.49. The van der Waals surface area contributed by atoms with Gasteiger partial charge in [-0.05, 0) is 19.1 Å². The number of benzene rings is 2. The van der Waals surface area contributed by atoms with Crippen molar-refractivity contribution in [2.45, 2.75) is 13.0 Å². The highest BCUT2D eigenvalue weighted by Crippen LogP contribution is 2.41. The molecule has 1 amide bonds. The fourth-order valence-corrected chi connectivity index (χ4v) is 3.68. The van der Waals surface area contributed by atoms with Gasteiger partial charge in [0.1, 0.15) is 17.5 Å². The number of nitro benzene ring substituents is 1. The minimum Gasteiger partial charge on any atom is -0.497 e. The van der Waals surface area contributed by atoms with Gasteiger partial charge in [-0.3, -0.25) is 14.9 Å². The zero-order chi connectivity index (χ0) is 23.0. The number of ether oxygens (including phenoxy) is 2. The zero-order valence-electron chi connectivity index (χ0n) is 17.5. The van der Waals surface area contributed by atoms with Gasteiger partial charge in [0.25, 0.3) is 5.69 Å². The molecule has 0 aliphatic carbocycles. The number of aromatic nitrogens is 3. The van der Waals surface area contributed by atoms with E-state index >= 15 is 0 Å². The first-order chi connectivity index (χ1) is 15.3. The number of anilines is 1. The number of methoxy groups -OCH3 is 2. The molecule has 0 radical (unpaired) electrons. The number of hydrogen-bond acceptors (Lipinski definition) is 8. The van der Waals surface area contributed by atoms with Gasteiger partial charge in [-0.25, -0.2) is 4.68 Å². The van der Waals surface area contributed by atoms with Crippen LogP contribution in [0, 0.1) is 10.1 Å². The molecule has 0 bridgehead atoms. The molecule has 1 aliphatic rings. The maximum atomic E-state index is 12.4. The van der Waals surface area contributed by atoms with E-state index in [1.54, 1.807) is 44.4 Å². The van der Waals surface area contributed by atoms with Crippen molar-refractivity contribution in [1.82, 2.24) is 14.8 Å². The summed E-state index contributed by atoms with van der Waals surface area (Å²) >= 11 is 0. The number of allylic oxidation sites excluding steroid dienone is 1. The van der Waals surface area contributed by atoms with Crippen LogP contribution in [0.5, 0.6) is 11.5 Å². The van der Waals surface area contributed by atoms with Gasteiger partial charge in [-0.15, -0.1) is 5.10 Å². The molecule has 3 aromatic rings. The summed E-state index contributed by atoms with van der Waals surface area (Å²) in [5.41, 5.74) is 7.53. The molecule has 1 aromatic heterocycles. The van der Waals surface area contributed by atoms with Crippen molar-refractivity contribution < 1.29 is 19.2 Å². The highest BCUT2D eigenvalue weighted by Gasteiger charge is 2.35. The normalized spacial score (nSPS) is 15.0. The van der Waals surface area contributed by atoms with Crippen LogP contribution < -0.4 is 20.5 Å². The van der Waals surface area contributed by atoms with Crippen molar-refractivity contribution in [2.24, 2.45) is 5.73 Å². The van der Waals surface area contributed by atoms with Crippen molar-refractivity contribution in [3.05, 3.63) is 69.4 Å². The van der Waals surface area contributed by atoms with E-state index in [1.165, 1.54) is 23.9 Å². The molecule has 1 unspecified atom stereocenters. The van der Waals surface area contributed by atoms with E-state index in [4.69, 9.17) is 15.2 Å². The van der Waals surface area contributed by atoms with Crippen LogP contribution in [0.1, 0.15) is 18.5 Å². The third-order valence-corrected chi connectivity index (χ3v) is 5.17. The van der Waals surface area contributed by atoms with Crippen LogP contribution in [-0.4, -0.2) is 39.8 Å². The van der Waals surface area contributed by atoms with E-state index in [-0.39, 0.29) is 17.1 Å². The smallest absolute Gasteiger partial charge is 0.270 e. The number of primary amides is 1. The van der Waals surface area contributed by atoms with E-state index in [0.717, 1.165) is 0 Å². The number of non-ortho nitro benzene ring substituents is 1. The average Bonchev–Trinajstić information content (AvgIpc) is 3.21. The van der Waals surface area contributed by atoms with Gasteiger partial charge in [0.2, 0.25) is 11.9 Å². The third-order valence-electron chi connectivity index (χ3n) is 5.17. The topological polar surface area (TPSA) is 147 Å². The molecule has 3 N–H and O–H groups in total. The van der Waals surface area contributed by atoms with Crippen LogP contribution in [0.2, 0.25) is 0 Å². The summed E-state index contributed by atoms with van der Waals surface area (Å²) in [4.78, 5) is 27.6. The summed E-state index contributed by atoms with van der Waals surface area (Å²) in [5.74, 6) is 1.04. The summed E-state index contributed by atoms with van der Waals surface area (Å²) < 4.78 is 12.3. The van der Waals surface area contributed by atoms with Gasteiger partial charge in [0.05, 0.1) is 24.7 Å². The van der Waals surface area contributed by atoms with Crippen molar-refractivity contribution >= 4 is 17.5 Å². The number of fused-ring (bicyclic) bond motifs is 1. The largest absolute Gasteiger partial charge is 0.497 e. The van der Waals surface area contributed by atoms with E-state index in [9.17, 15) is 14.9 Å². The number of nitrogens with one attached hydrogen (secondary N) is 1. The molecule has 164 valence electrons. The Morgan fingerprint density at radius 1 is 1.22 bits per heavy atom. The van der Waals surface area contributed by atoms with Gasteiger partial charge in [-0.2, -0.15) is 4.98 Å². The van der Waals surface area contributed by atoms with Crippen molar-refractivity contribution in [3.63, 3.8) is 0 Å². The number of hydrogen-bond donors (Lipinski definition) is 2. The molecular weight excluding hydrogens is 416 g/mol. The zero-order valence-corrected chi connectivity index (χ0v) is 17.5. The summed E-state index contributed by atoms with van der Waals surface area (Å²) in [7, 11) is 3.05. The molecule has 32 heavy (non-hydrogen) atoms. The van der Waals surface area contributed by atoms with Gasteiger partial charge in [0.15, 0.2) is 5.82 Å². The quantitative estimate of drug-likeness (QED) is 0.443. The number of carbonyl (C=O) groups is 1. The molecule has 0 saturated carbocycles. The molecule has 1 atom stereocenters. The molecular formula is C21H20N6O5. The lowest BCUT2D eigenvalue weighted by molar-refractivity contribution is -0.384. The molecule has 2 aromatic carbocycles. The second-order valence-corrected chi connectivity index (χ2v) is 7.05. The molecule has 1 aliphatic heterocycles. The van der Waals surface area contributed by atoms with Crippen LogP contribution in [0.25, 0.3) is 11.4 Å². The van der Waals surface area contributed by atoms with Crippen molar-refractivity contribution in [2.75, 3.05) is 19.5 Å². The number of rotatable bonds is 6. The summed E-state index contributed by atoms with van der Waals surface area (Å²) in [5, 5.41) is 18.8. The summed E-state index contributed by atoms with van der Waals surface area (Å²) in [6, 6.07) is 10.5. The fourth-order valence-electron chi connectivity index (χ4n) is 3.68. The van der Waals surface area contributed by atoms with E-state index < -0.39 is 16.9 Å². The maximum Gasteiger partial charge on any atom is 0.270 e. The van der Waals surface area contributed by atoms with Crippen LogP contribution in [0.15, 0.2) is 53.7 Å². The minimum absolute atomic E-state index is 0.0799. The highest BCUT2D eigenvalue weighted by atomic mass is 16.6. The molecule has 2 heterocycles. The lowest BCUT2D eigenvalue weighted by atomic mass is 9.94. The Bertz CT molecular complexity index is 1270. The highest BCUT2D eigenvalue weighted by molar-refractivity contribution is 5.95. The second kappa shape index (κ2) is 8.02. The Balaban J connectivity index is 1.90. The van der Waals surface area contributed by atoms with Crippen LogP contribution in [-0.2, 0) is 4.79 Å².